The molecule has 8 nitrogen and oxygen atoms in total. The highest BCUT2D eigenvalue weighted by Crippen LogP contribution is 2.34. The van der Waals surface area contributed by atoms with Gasteiger partial charge in [-0.15, -0.1) is 0 Å². The fourth-order valence-electron chi connectivity index (χ4n) is 4.55. The molecule has 32 heavy (non-hydrogen) atoms. The second-order valence-electron chi connectivity index (χ2n) is 8.00. The van der Waals surface area contributed by atoms with Crippen LogP contribution >= 0.6 is 11.5 Å². The Labute approximate surface area is 188 Å². The zero-order chi connectivity index (χ0) is 22.4. The minimum atomic E-state index is -1.03. The van der Waals surface area contributed by atoms with Gasteiger partial charge in [-0.3, -0.25) is 9.69 Å². The molecular weight excluding hydrogens is 428 g/mol. The third-order valence-corrected chi connectivity index (χ3v) is 6.95. The molecular formula is C23H22N4O4S. The third-order valence-electron chi connectivity index (χ3n) is 6.13. The highest BCUT2D eigenvalue weighted by Gasteiger charge is 2.33. The highest BCUT2D eigenvalue weighted by molar-refractivity contribution is 7.13. The molecule has 2 aromatic carbocycles. The smallest absolute Gasteiger partial charge is 0.335 e. The molecule has 5 rings (SSSR count). The van der Waals surface area contributed by atoms with Gasteiger partial charge < -0.3 is 19.7 Å². The number of fused-ring (bicyclic) bond motifs is 2. The molecule has 0 aliphatic carbocycles. The number of carboxylic acid groups (broad SMARTS) is 2. The van der Waals surface area contributed by atoms with E-state index in [1.54, 1.807) is 24.4 Å². The molecule has 164 valence electrons. The van der Waals surface area contributed by atoms with E-state index in [1.807, 2.05) is 28.6 Å². The van der Waals surface area contributed by atoms with E-state index in [0.29, 0.717) is 37.1 Å². The third kappa shape index (κ3) is 3.39. The Kier molecular flexibility index (Phi) is 5.07. The van der Waals surface area contributed by atoms with Crippen LogP contribution in [-0.4, -0.2) is 62.2 Å². The Morgan fingerprint density at radius 2 is 1.78 bits per heavy atom. The summed E-state index contributed by atoms with van der Waals surface area (Å²) < 4.78 is 7.61. The van der Waals surface area contributed by atoms with Crippen molar-refractivity contribution in [2.45, 2.75) is 6.04 Å². The van der Waals surface area contributed by atoms with E-state index in [1.165, 1.54) is 11.5 Å². The number of carboxylic acids is 2. The first-order valence-electron chi connectivity index (χ1n) is 10.3. The van der Waals surface area contributed by atoms with E-state index < -0.39 is 18.0 Å². The Bertz CT molecular complexity index is 1340. The van der Waals surface area contributed by atoms with Crippen LogP contribution < -0.4 is 4.90 Å². The maximum Gasteiger partial charge on any atom is 0.335 e. The zero-order valence-electron chi connectivity index (χ0n) is 17.4. The van der Waals surface area contributed by atoms with E-state index in [0.717, 1.165) is 21.4 Å². The van der Waals surface area contributed by atoms with Crippen LogP contribution in [-0.2, 0) is 11.8 Å². The number of aryl methyl sites for hydroxylation is 1. The monoisotopic (exact) mass is 450 g/mol. The van der Waals surface area contributed by atoms with Gasteiger partial charge in [0.15, 0.2) is 0 Å². The van der Waals surface area contributed by atoms with Gasteiger partial charge in [-0.25, -0.2) is 4.79 Å². The van der Waals surface area contributed by atoms with Crippen LogP contribution in [0.25, 0.3) is 21.0 Å². The largest absolute Gasteiger partial charge is 0.480 e. The van der Waals surface area contributed by atoms with Gasteiger partial charge in [0.25, 0.3) is 0 Å². The lowest BCUT2D eigenvalue weighted by Gasteiger charge is -2.38. The fourth-order valence-corrected chi connectivity index (χ4v) is 5.35. The number of piperazine rings is 1. The quantitative estimate of drug-likeness (QED) is 0.481. The van der Waals surface area contributed by atoms with Gasteiger partial charge in [-0.2, -0.15) is 4.37 Å². The minimum Gasteiger partial charge on any atom is -0.480 e. The van der Waals surface area contributed by atoms with Crippen LogP contribution in [0.5, 0.6) is 0 Å². The van der Waals surface area contributed by atoms with Crippen molar-refractivity contribution >= 4 is 50.3 Å². The van der Waals surface area contributed by atoms with Crippen molar-refractivity contribution in [3.8, 4) is 0 Å². The average molecular weight is 451 g/mol. The van der Waals surface area contributed by atoms with Crippen molar-refractivity contribution < 1.29 is 19.8 Å². The van der Waals surface area contributed by atoms with Crippen LogP contribution in [0.2, 0.25) is 0 Å². The van der Waals surface area contributed by atoms with Crippen molar-refractivity contribution in [2.24, 2.45) is 7.05 Å². The predicted octanol–water partition coefficient (Wildman–Crippen LogP) is 3.43. The van der Waals surface area contributed by atoms with Crippen LogP contribution in [0.15, 0.2) is 48.7 Å². The summed E-state index contributed by atoms with van der Waals surface area (Å²) in [6, 6.07) is 12.1. The lowest BCUT2D eigenvalue weighted by molar-refractivity contribution is -0.143. The number of benzene rings is 2. The van der Waals surface area contributed by atoms with Gasteiger partial charge in [0.1, 0.15) is 11.9 Å². The molecule has 3 heterocycles. The second-order valence-corrected chi connectivity index (χ2v) is 8.80. The maximum absolute atomic E-state index is 12.4. The molecule has 1 fully saturated rings. The molecule has 1 atom stereocenters. The van der Waals surface area contributed by atoms with Crippen LogP contribution in [0.3, 0.4) is 0 Å². The van der Waals surface area contributed by atoms with Gasteiger partial charge in [0.05, 0.1) is 10.3 Å². The molecule has 0 spiro atoms. The number of aromatic carboxylic acids is 1. The number of rotatable bonds is 5. The second kappa shape index (κ2) is 7.92. The summed E-state index contributed by atoms with van der Waals surface area (Å²) in [5.41, 5.74) is 1.57. The lowest BCUT2D eigenvalue weighted by atomic mass is 10.0. The SMILES string of the molecule is Cn1cc([C@@H](C(=O)O)N2CCN(c3nsc4ccccc34)CC2)c2cc(C(=O)O)ccc21. The van der Waals surface area contributed by atoms with Crippen LogP contribution in [0, 0.1) is 0 Å². The first kappa shape index (κ1) is 20.5. The molecule has 0 radical (unpaired) electrons. The molecule has 1 aliphatic rings. The molecule has 0 unspecified atom stereocenters. The molecule has 4 aromatic rings. The van der Waals surface area contributed by atoms with E-state index in [4.69, 9.17) is 0 Å². The molecule has 1 aliphatic heterocycles. The van der Waals surface area contributed by atoms with E-state index >= 15 is 0 Å². The van der Waals surface area contributed by atoms with Gasteiger partial charge in [-0.05, 0) is 41.9 Å². The Hall–Kier alpha value is -3.43. The van der Waals surface area contributed by atoms with Gasteiger partial charge in [0, 0.05) is 61.3 Å². The summed E-state index contributed by atoms with van der Waals surface area (Å²) in [6.45, 7) is 2.47. The van der Waals surface area contributed by atoms with Crippen molar-refractivity contribution in [2.75, 3.05) is 31.1 Å². The topological polar surface area (TPSA) is 98.9 Å². The summed E-state index contributed by atoms with van der Waals surface area (Å²) in [6.07, 6.45) is 1.80. The number of aromatic nitrogens is 2. The maximum atomic E-state index is 12.4. The molecule has 0 amide bonds. The summed E-state index contributed by atoms with van der Waals surface area (Å²) in [5, 5.41) is 21.3. The number of anilines is 1. The van der Waals surface area contributed by atoms with Crippen molar-refractivity contribution in [1.82, 2.24) is 13.8 Å². The molecule has 2 N–H and O–H groups in total. The Morgan fingerprint density at radius 1 is 1.03 bits per heavy atom. The Morgan fingerprint density at radius 3 is 2.50 bits per heavy atom. The normalized spacial score (nSPS) is 16.0. The van der Waals surface area contributed by atoms with Crippen molar-refractivity contribution in [3.63, 3.8) is 0 Å². The lowest BCUT2D eigenvalue weighted by Crippen LogP contribution is -2.49. The Balaban J connectivity index is 1.44. The number of hydrogen-bond acceptors (Lipinski definition) is 6. The van der Waals surface area contributed by atoms with Crippen molar-refractivity contribution in [1.29, 1.82) is 0 Å². The number of carbonyl (C=O) groups is 2. The predicted molar refractivity (Wildman–Crippen MR) is 124 cm³/mol. The van der Waals surface area contributed by atoms with Crippen LogP contribution in [0.1, 0.15) is 22.0 Å². The first-order chi connectivity index (χ1) is 15.4. The average Bonchev–Trinajstić information content (AvgIpc) is 3.35. The molecule has 2 aromatic heterocycles. The van der Waals surface area contributed by atoms with Gasteiger partial charge >= 0.3 is 11.9 Å². The fraction of sp³-hybridized carbons (Fsp3) is 0.261. The van der Waals surface area contributed by atoms with Gasteiger partial charge in [0.2, 0.25) is 0 Å². The number of nitrogens with zero attached hydrogens (tertiary/aromatic N) is 4. The van der Waals surface area contributed by atoms with E-state index in [-0.39, 0.29) is 5.56 Å². The summed E-state index contributed by atoms with van der Waals surface area (Å²) in [5.74, 6) is -1.02. The molecule has 0 bridgehead atoms. The minimum absolute atomic E-state index is 0.148. The number of aliphatic carboxylic acids is 1. The van der Waals surface area contributed by atoms with E-state index in [2.05, 4.69) is 21.4 Å². The summed E-state index contributed by atoms with van der Waals surface area (Å²) in [7, 11) is 1.84. The summed E-state index contributed by atoms with van der Waals surface area (Å²) >= 11 is 1.47. The standard InChI is InChI=1S/C23H22N4O4S/c1-25-13-17(16-12-14(22(28)29)6-7-18(16)25)20(23(30)31)26-8-10-27(11-9-26)21-15-4-2-3-5-19(15)32-24-21/h2-7,12-13,20H,8-11H2,1H3,(H,28,29)(H,30,31)/t20-/m0/s1. The van der Waals surface area contributed by atoms with Crippen molar-refractivity contribution in [3.05, 3.63) is 59.8 Å². The first-order valence-corrected chi connectivity index (χ1v) is 11.1. The van der Waals surface area contributed by atoms with Gasteiger partial charge in [-0.1, -0.05) is 12.1 Å². The summed E-state index contributed by atoms with van der Waals surface area (Å²) in [4.78, 5) is 28.0. The molecule has 9 heteroatoms. The number of hydrogen-bond donors (Lipinski definition) is 2. The van der Waals surface area contributed by atoms with Crippen LogP contribution in [0.4, 0.5) is 5.82 Å². The molecule has 1 saturated heterocycles. The zero-order valence-corrected chi connectivity index (χ0v) is 18.2. The highest BCUT2D eigenvalue weighted by atomic mass is 32.1. The molecule has 0 saturated carbocycles. The van der Waals surface area contributed by atoms with E-state index in [9.17, 15) is 19.8 Å².